The second-order valence-corrected chi connectivity index (χ2v) is 3.05. The molecule has 0 atom stereocenters. The van der Waals surface area contributed by atoms with Crippen molar-refractivity contribution in [2.75, 3.05) is 0 Å². The topological polar surface area (TPSA) is 37.9 Å². The van der Waals surface area contributed by atoms with Crippen molar-refractivity contribution in [1.82, 2.24) is 9.97 Å². The van der Waals surface area contributed by atoms with Crippen LogP contribution >= 0.6 is 0 Å². The van der Waals surface area contributed by atoms with Crippen molar-refractivity contribution in [1.29, 1.82) is 0 Å². The Bertz CT molecular complexity index is 491. The average molecular weight is 246 g/mol. The van der Waals surface area contributed by atoms with Gasteiger partial charge in [0.2, 0.25) is 0 Å². The largest absolute Gasteiger partial charge is 0.573 e. The van der Waals surface area contributed by atoms with Gasteiger partial charge in [-0.3, -0.25) is 0 Å². The number of hydrogen-bond donors (Lipinski definition) is 1. The molecule has 1 aromatic heterocycles. The van der Waals surface area contributed by atoms with Gasteiger partial charge in [0.15, 0.2) is 0 Å². The van der Waals surface area contributed by atoms with E-state index in [0.717, 1.165) is 0 Å². The van der Waals surface area contributed by atoms with Crippen LogP contribution in [-0.2, 0) is 0 Å². The molecule has 0 saturated heterocycles. The zero-order chi connectivity index (χ0) is 13.1. The van der Waals surface area contributed by atoms with E-state index in [4.69, 9.17) is 0 Å². The highest BCUT2D eigenvalue weighted by Crippen LogP contribution is 2.25. The Morgan fingerprint density at radius 2 is 1.88 bits per heavy atom. The van der Waals surface area contributed by atoms with Crippen molar-refractivity contribution in [3.63, 3.8) is 0 Å². The summed E-state index contributed by atoms with van der Waals surface area (Å²) >= 11 is 0. The molecule has 0 spiro atoms. The molecule has 1 N–H and O–H groups in total. The number of aromatic nitrogens is 2. The van der Waals surface area contributed by atoms with Gasteiger partial charge in [0.05, 0.1) is 11.0 Å². The lowest BCUT2D eigenvalue weighted by Gasteiger charge is -2.07. The maximum absolute atomic E-state index is 11.9. The molecule has 2 rings (SSSR count). The van der Waals surface area contributed by atoms with Gasteiger partial charge in [0.25, 0.3) is 0 Å². The standard InChI is InChI=1S/C9H7F3N2O.C2H6/c1-5-13-7-3-2-6(4-8(7)14-5)15-9(10,11)12;1-2/h2-4H,1H3,(H,13,14);1-2H3. The van der Waals surface area contributed by atoms with Crippen molar-refractivity contribution in [3.05, 3.63) is 24.0 Å². The van der Waals surface area contributed by atoms with Crippen LogP contribution in [0.4, 0.5) is 13.2 Å². The third-order valence-corrected chi connectivity index (χ3v) is 1.81. The summed E-state index contributed by atoms with van der Waals surface area (Å²) in [5.74, 6) is 0.396. The SMILES string of the molecule is CC.Cc1nc2ccc(OC(F)(F)F)cc2[nH]1. The zero-order valence-corrected chi connectivity index (χ0v) is 9.72. The van der Waals surface area contributed by atoms with Crippen LogP contribution in [0.3, 0.4) is 0 Å². The number of nitrogens with one attached hydrogen (secondary N) is 1. The van der Waals surface area contributed by atoms with Gasteiger partial charge in [-0.05, 0) is 19.1 Å². The zero-order valence-electron chi connectivity index (χ0n) is 9.72. The number of rotatable bonds is 1. The smallest absolute Gasteiger partial charge is 0.406 e. The van der Waals surface area contributed by atoms with Gasteiger partial charge in [-0.25, -0.2) is 4.98 Å². The fourth-order valence-electron chi connectivity index (χ4n) is 1.31. The quantitative estimate of drug-likeness (QED) is 0.831. The molecular formula is C11H13F3N2O. The van der Waals surface area contributed by atoms with Crippen molar-refractivity contribution in [2.24, 2.45) is 0 Å². The summed E-state index contributed by atoms with van der Waals surface area (Å²) in [4.78, 5) is 6.88. The van der Waals surface area contributed by atoms with Gasteiger partial charge in [-0.1, -0.05) is 13.8 Å². The van der Waals surface area contributed by atoms with Gasteiger partial charge in [-0.2, -0.15) is 0 Å². The Kier molecular flexibility index (Phi) is 3.98. The van der Waals surface area contributed by atoms with E-state index in [1.807, 2.05) is 13.8 Å². The number of imidazole rings is 1. The summed E-state index contributed by atoms with van der Waals surface area (Å²) in [6.07, 6.45) is -4.66. The van der Waals surface area contributed by atoms with Gasteiger partial charge in [-0.15, -0.1) is 13.2 Å². The first-order valence-corrected chi connectivity index (χ1v) is 5.16. The molecule has 94 valence electrons. The molecule has 1 aromatic carbocycles. The minimum atomic E-state index is -4.66. The molecule has 0 saturated carbocycles. The minimum Gasteiger partial charge on any atom is -0.406 e. The highest BCUT2D eigenvalue weighted by molar-refractivity contribution is 5.76. The number of aryl methyl sites for hydroxylation is 1. The first kappa shape index (κ1) is 13.3. The predicted molar refractivity (Wildman–Crippen MR) is 58.9 cm³/mol. The third-order valence-electron chi connectivity index (χ3n) is 1.81. The minimum absolute atomic E-state index is 0.251. The predicted octanol–water partition coefficient (Wildman–Crippen LogP) is 3.80. The van der Waals surface area contributed by atoms with E-state index in [9.17, 15) is 13.2 Å². The van der Waals surface area contributed by atoms with Gasteiger partial charge >= 0.3 is 6.36 Å². The number of nitrogens with zero attached hydrogens (tertiary/aromatic N) is 1. The van der Waals surface area contributed by atoms with Crippen molar-refractivity contribution in [3.8, 4) is 5.75 Å². The number of benzene rings is 1. The second-order valence-electron chi connectivity index (χ2n) is 3.05. The van der Waals surface area contributed by atoms with E-state index in [0.29, 0.717) is 16.9 Å². The van der Waals surface area contributed by atoms with E-state index >= 15 is 0 Å². The van der Waals surface area contributed by atoms with Gasteiger partial charge in [0.1, 0.15) is 11.6 Å². The monoisotopic (exact) mass is 246 g/mol. The summed E-state index contributed by atoms with van der Waals surface area (Å²) in [6, 6.07) is 3.97. The Labute approximate surface area is 96.6 Å². The number of H-pyrrole nitrogens is 1. The molecule has 1 heterocycles. The molecule has 0 unspecified atom stereocenters. The van der Waals surface area contributed by atoms with Gasteiger partial charge in [0, 0.05) is 6.07 Å². The van der Waals surface area contributed by atoms with E-state index in [-0.39, 0.29) is 5.75 Å². The number of halogens is 3. The Morgan fingerprint density at radius 1 is 1.24 bits per heavy atom. The highest BCUT2D eigenvalue weighted by Gasteiger charge is 2.31. The molecule has 0 radical (unpaired) electrons. The fraction of sp³-hybridized carbons (Fsp3) is 0.364. The van der Waals surface area contributed by atoms with Crippen LogP contribution in [0, 0.1) is 6.92 Å². The van der Waals surface area contributed by atoms with Crippen LogP contribution in [-0.4, -0.2) is 16.3 Å². The summed E-state index contributed by atoms with van der Waals surface area (Å²) in [5, 5.41) is 0. The van der Waals surface area contributed by atoms with Crippen LogP contribution in [0.25, 0.3) is 11.0 Å². The molecular weight excluding hydrogens is 233 g/mol. The summed E-state index contributed by atoms with van der Waals surface area (Å²) in [6.45, 7) is 5.73. The van der Waals surface area contributed by atoms with Crippen LogP contribution in [0.5, 0.6) is 5.75 Å². The van der Waals surface area contributed by atoms with E-state index < -0.39 is 6.36 Å². The van der Waals surface area contributed by atoms with Crippen LogP contribution in [0.2, 0.25) is 0 Å². The van der Waals surface area contributed by atoms with Crippen molar-refractivity contribution >= 4 is 11.0 Å². The number of ether oxygens (including phenoxy) is 1. The maximum Gasteiger partial charge on any atom is 0.573 e. The Morgan fingerprint density at radius 3 is 2.47 bits per heavy atom. The summed E-state index contributed by atoms with van der Waals surface area (Å²) in [7, 11) is 0. The summed E-state index contributed by atoms with van der Waals surface area (Å²) in [5.41, 5.74) is 1.14. The molecule has 2 aromatic rings. The van der Waals surface area contributed by atoms with E-state index in [2.05, 4.69) is 14.7 Å². The molecule has 0 bridgehead atoms. The van der Waals surface area contributed by atoms with Crippen molar-refractivity contribution in [2.45, 2.75) is 27.1 Å². The lowest BCUT2D eigenvalue weighted by molar-refractivity contribution is -0.274. The summed E-state index contributed by atoms with van der Waals surface area (Å²) < 4.78 is 39.5. The number of fused-ring (bicyclic) bond motifs is 1. The average Bonchev–Trinajstić information content (AvgIpc) is 2.58. The van der Waals surface area contributed by atoms with E-state index in [1.165, 1.54) is 18.2 Å². The molecule has 0 aliphatic heterocycles. The Balaban J connectivity index is 0.000000686. The lowest BCUT2D eigenvalue weighted by atomic mass is 10.3. The number of aromatic amines is 1. The van der Waals surface area contributed by atoms with Crippen LogP contribution in [0.15, 0.2) is 18.2 Å². The van der Waals surface area contributed by atoms with Crippen molar-refractivity contribution < 1.29 is 17.9 Å². The molecule has 0 amide bonds. The first-order chi connectivity index (χ1) is 7.94. The molecule has 3 nitrogen and oxygen atoms in total. The molecule has 0 aliphatic carbocycles. The second kappa shape index (κ2) is 5.07. The molecule has 17 heavy (non-hydrogen) atoms. The lowest BCUT2D eigenvalue weighted by Crippen LogP contribution is -2.16. The molecule has 0 aliphatic rings. The van der Waals surface area contributed by atoms with E-state index in [1.54, 1.807) is 6.92 Å². The van der Waals surface area contributed by atoms with Crippen LogP contribution < -0.4 is 4.74 Å². The normalized spacial score (nSPS) is 10.9. The third kappa shape index (κ3) is 3.65. The molecule has 6 heteroatoms. The maximum atomic E-state index is 11.9. The van der Waals surface area contributed by atoms with Gasteiger partial charge < -0.3 is 9.72 Å². The first-order valence-electron chi connectivity index (χ1n) is 5.16. The highest BCUT2D eigenvalue weighted by atomic mass is 19.4. The van der Waals surface area contributed by atoms with Crippen LogP contribution in [0.1, 0.15) is 19.7 Å². The fourth-order valence-corrected chi connectivity index (χ4v) is 1.31. The number of alkyl halides is 3. The molecule has 0 fully saturated rings. The number of hydrogen-bond acceptors (Lipinski definition) is 2. The Hall–Kier alpha value is -1.72.